The molecular formula is C10H11ClN2O2. The Kier molecular flexibility index (Phi) is 2.77. The van der Waals surface area contributed by atoms with E-state index in [0.717, 1.165) is 25.9 Å². The van der Waals surface area contributed by atoms with Gasteiger partial charge in [-0.1, -0.05) is 11.6 Å². The summed E-state index contributed by atoms with van der Waals surface area (Å²) in [5, 5.41) is 9.17. The molecule has 0 bridgehead atoms. The van der Waals surface area contributed by atoms with Crippen LogP contribution in [0.15, 0.2) is 12.3 Å². The molecule has 1 aliphatic heterocycles. The summed E-state index contributed by atoms with van der Waals surface area (Å²) in [5.41, 5.74) is 0.128. The molecule has 0 unspecified atom stereocenters. The number of hydrogen-bond acceptors (Lipinski definition) is 3. The molecule has 2 rings (SSSR count). The first-order chi connectivity index (χ1) is 7.18. The van der Waals surface area contributed by atoms with Gasteiger partial charge in [0.1, 0.15) is 5.82 Å². The van der Waals surface area contributed by atoms with Crippen LogP contribution in [0, 0.1) is 0 Å². The summed E-state index contributed by atoms with van der Waals surface area (Å²) < 4.78 is 0. The largest absolute Gasteiger partial charge is 0.478 e. The zero-order valence-corrected chi connectivity index (χ0v) is 8.87. The number of aromatic carboxylic acids is 1. The van der Waals surface area contributed by atoms with E-state index in [1.54, 1.807) is 0 Å². The molecule has 0 atom stereocenters. The third-order valence-corrected chi connectivity index (χ3v) is 2.75. The van der Waals surface area contributed by atoms with E-state index in [-0.39, 0.29) is 5.56 Å². The number of carboxylic acid groups (broad SMARTS) is 1. The van der Waals surface area contributed by atoms with Crippen molar-refractivity contribution in [3.05, 3.63) is 22.8 Å². The van der Waals surface area contributed by atoms with Crippen LogP contribution in [0.25, 0.3) is 0 Å². The van der Waals surface area contributed by atoms with Crippen molar-refractivity contribution in [1.29, 1.82) is 0 Å². The molecule has 2 heterocycles. The van der Waals surface area contributed by atoms with Gasteiger partial charge in [0.25, 0.3) is 0 Å². The number of rotatable bonds is 2. The molecule has 5 heteroatoms. The molecule has 0 aromatic carbocycles. The van der Waals surface area contributed by atoms with Gasteiger partial charge in [0.05, 0.1) is 10.6 Å². The molecule has 0 aliphatic carbocycles. The number of halogens is 1. The number of anilines is 1. The Bertz CT molecular complexity index is 389. The molecular weight excluding hydrogens is 216 g/mol. The fourth-order valence-corrected chi connectivity index (χ4v) is 2.00. The summed E-state index contributed by atoms with van der Waals surface area (Å²) in [6.07, 6.45) is 3.62. The van der Waals surface area contributed by atoms with Crippen LogP contribution in [0.1, 0.15) is 23.2 Å². The molecule has 15 heavy (non-hydrogen) atoms. The molecule has 4 nitrogen and oxygen atoms in total. The number of pyridine rings is 1. The fraction of sp³-hybridized carbons (Fsp3) is 0.400. The van der Waals surface area contributed by atoms with Crippen molar-refractivity contribution < 1.29 is 9.90 Å². The minimum Gasteiger partial charge on any atom is -0.478 e. The summed E-state index contributed by atoms with van der Waals surface area (Å²) in [6, 6.07) is 1.45. The van der Waals surface area contributed by atoms with Gasteiger partial charge >= 0.3 is 5.97 Å². The second-order valence-corrected chi connectivity index (χ2v) is 3.94. The van der Waals surface area contributed by atoms with Crippen LogP contribution in [0.4, 0.5) is 5.82 Å². The van der Waals surface area contributed by atoms with Gasteiger partial charge < -0.3 is 10.0 Å². The van der Waals surface area contributed by atoms with Crippen LogP contribution in [0.2, 0.25) is 5.02 Å². The predicted molar refractivity (Wildman–Crippen MR) is 57.7 cm³/mol. The standard InChI is InChI=1S/C10H11ClN2O2/c11-8-5-7(10(14)15)6-12-9(8)13-3-1-2-4-13/h5-6H,1-4H2,(H,14,15). The van der Waals surface area contributed by atoms with Gasteiger partial charge in [-0.25, -0.2) is 9.78 Å². The smallest absolute Gasteiger partial charge is 0.337 e. The molecule has 1 aromatic heterocycles. The summed E-state index contributed by atoms with van der Waals surface area (Å²) >= 11 is 5.99. The van der Waals surface area contributed by atoms with Gasteiger partial charge in [-0.05, 0) is 18.9 Å². The maximum atomic E-state index is 10.7. The van der Waals surface area contributed by atoms with Crippen LogP contribution >= 0.6 is 11.6 Å². The number of aromatic nitrogens is 1. The lowest BCUT2D eigenvalue weighted by molar-refractivity contribution is 0.0696. The van der Waals surface area contributed by atoms with Crippen molar-refractivity contribution in [2.75, 3.05) is 18.0 Å². The van der Waals surface area contributed by atoms with E-state index in [1.807, 2.05) is 0 Å². The summed E-state index contributed by atoms with van der Waals surface area (Å²) in [4.78, 5) is 16.8. The van der Waals surface area contributed by atoms with Gasteiger partial charge in [-0.15, -0.1) is 0 Å². The van der Waals surface area contributed by atoms with Crippen molar-refractivity contribution in [3.63, 3.8) is 0 Å². The highest BCUT2D eigenvalue weighted by atomic mass is 35.5. The van der Waals surface area contributed by atoms with E-state index < -0.39 is 5.97 Å². The molecule has 0 radical (unpaired) electrons. The van der Waals surface area contributed by atoms with E-state index in [2.05, 4.69) is 9.88 Å². The summed E-state index contributed by atoms with van der Waals surface area (Å²) in [7, 11) is 0. The predicted octanol–water partition coefficient (Wildman–Crippen LogP) is 2.03. The second-order valence-electron chi connectivity index (χ2n) is 3.53. The Morgan fingerprint density at radius 1 is 1.47 bits per heavy atom. The van der Waals surface area contributed by atoms with E-state index in [4.69, 9.17) is 16.7 Å². The average Bonchev–Trinajstić information content (AvgIpc) is 2.70. The molecule has 1 aliphatic rings. The van der Waals surface area contributed by atoms with Crippen LogP contribution in [-0.4, -0.2) is 29.1 Å². The van der Waals surface area contributed by atoms with Gasteiger partial charge in [0.15, 0.2) is 0 Å². The van der Waals surface area contributed by atoms with Gasteiger partial charge in [0.2, 0.25) is 0 Å². The third-order valence-electron chi connectivity index (χ3n) is 2.47. The molecule has 1 saturated heterocycles. The maximum absolute atomic E-state index is 10.7. The topological polar surface area (TPSA) is 53.4 Å². The molecule has 80 valence electrons. The first-order valence-corrected chi connectivity index (χ1v) is 5.20. The van der Waals surface area contributed by atoms with Gasteiger partial charge in [0, 0.05) is 19.3 Å². The molecule has 1 N–H and O–H groups in total. The van der Waals surface area contributed by atoms with Crippen molar-refractivity contribution >= 4 is 23.4 Å². The Labute approximate surface area is 92.5 Å². The number of nitrogens with zero attached hydrogens (tertiary/aromatic N) is 2. The Balaban J connectivity index is 2.29. The second kappa shape index (κ2) is 4.06. The number of carboxylic acids is 1. The first kappa shape index (κ1) is 10.2. The summed E-state index contributed by atoms with van der Waals surface area (Å²) in [6.45, 7) is 1.89. The first-order valence-electron chi connectivity index (χ1n) is 4.82. The third kappa shape index (κ3) is 2.04. The van der Waals surface area contributed by atoms with Crippen molar-refractivity contribution in [2.24, 2.45) is 0 Å². The normalized spacial score (nSPS) is 15.7. The Hall–Kier alpha value is -1.29. The number of carbonyl (C=O) groups is 1. The van der Waals surface area contributed by atoms with Gasteiger partial charge in [-0.3, -0.25) is 0 Å². The van der Waals surface area contributed by atoms with Crippen LogP contribution in [-0.2, 0) is 0 Å². The lowest BCUT2D eigenvalue weighted by atomic mass is 10.3. The minimum absolute atomic E-state index is 0.128. The van der Waals surface area contributed by atoms with Crippen molar-refractivity contribution in [3.8, 4) is 0 Å². The van der Waals surface area contributed by atoms with E-state index in [0.29, 0.717) is 10.8 Å². The minimum atomic E-state index is -1.00. The van der Waals surface area contributed by atoms with E-state index in [1.165, 1.54) is 12.3 Å². The van der Waals surface area contributed by atoms with Crippen LogP contribution in [0.3, 0.4) is 0 Å². The highest BCUT2D eigenvalue weighted by Gasteiger charge is 2.17. The zero-order chi connectivity index (χ0) is 10.8. The van der Waals surface area contributed by atoms with Crippen LogP contribution < -0.4 is 4.90 Å². The zero-order valence-electron chi connectivity index (χ0n) is 8.11. The Morgan fingerprint density at radius 3 is 2.67 bits per heavy atom. The fourth-order valence-electron chi connectivity index (χ4n) is 1.71. The molecule has 1 aromatic rings. The van der Waals surface area contributed by atoms with E-state index in [9.17, 15) is 4.79 Å². The molecule has 0 spiro atoms. The molecule has 1 fully saturated rings. The van der Waals surface area contributed by atoms with E-state index >= 15 is 0 Å². The quantitative estimate of drug-likeness (QED) is 0.839. The highest BCUT2D eigenvalue weighted by molar-refractivity contribution is 6.33. The average molecular weight is 227 g/mol. The maximum Gasteiger partial charge on any atom is 0.337 e. The summed E-state index contributed by atoms with van der Waals surface area (Å²) in [5.74, 6) is -0.309. The highest BCUT2D eigenvalue weighted by Crippen LogP contribution is 2.26. The van der Waals surface area contributed by atoms with Crippen LogP contribution in [0.5, 0.6) is 0 Å². The lowest BCUT2D eigenvalue weighted by Gasteiger charge is -2.17. The number of hydrogen-bond donors (Lipinski definition) is 1. The van der Waals surface area contributed by atoms with Crippen molar-refractivity contribution in [2.45, 2.75) is 12.8 Å². The Morgan fingerprint density at radius 2 is 2.13 bits per heavy atom. The van der Waals surface area contributed by atoms with Gasteiger partial charge in [-0.2, -0.15) is 0 Å². The lowest BCUT2D eigenvalue weighted by Crippen LogP contribution is -2.19. The molecule has 0 saturated carbocycles. The molecule has 0 amide bonds. The monoisotopic (exact) mass is 226 g/mol. The van der Waals surface area contributed by atoms with Crippen molar-refractivity contribution in [1.82, 2.24) is 4.98 Å². The SMILES string of the molecule is O=C(O)c1cnc(N2CCCC2)c(Cl)c1.